The Bertz CT molecular complexity index is 1270. The lowest BCUT2D eigenvalue weighted by atomic mass is 9.83. The molecule has 2 N–H and O–H groups in total. The Morgan fingerprint density at radius 3 is 2.21 bits per heavy atom. The summed E-state index contributed by atoms with van der Waals surface area (Å²) in [5, 5.41) is 17.8. The first-order chi connectivity index (χ1) is 19.3. The summed E-state index contributed by atoms with van der Waals surface area (Å²) in [7, 11) is -1.97. The quantitative estimate of drug-likeness (QED) is 0.315. The molecule has 4 rings (SSSR count). The van der Waals surface area contributed by atoms with Gasteiger partial charge in [-0.1, -0.05) is 62.7 Å². The van der Waals surface area contributed by atoms with Gasteiger partial charge in [-0.05, 0) is 66.2 Å². The SMILES string of the molecule is CC(C)(C)[Si](C)(C)Oc1ccc(CC(CN2CCC3(CC2)OCc2ccccc23)C(=O)O)c(Cl)c1.O=C(O)C(F)(F)F. The molecule has 1 saturated heterocycles. The molecular weight excluding hydrogens is 591 g/mol. The van der Waals surface area contributed by atoms with Crippen molar-refractivity contribution >= 4 is 31.9 Å². The van der Waals surface area contributed by atoms with Gasteiger partial charge in [-0.15, -0.1) is 0 Å². The summed E-state index contributed by atoms with van der Waals surface area (Å²) in [5.41, 5.74) is 3.22. The number of nitrogens with zero attached hydrogens (tertiary/aromatic N) is 1. The molecule has 0 bridgehead atoms. The molecule has 12 heteroatoms. The molecule has 1 unspecified atom stereocenters. The summed E-state index contributed by atoms with van der Waals surface area (Å²) >= 11 is 6.61. The first-order valence-corrected chi connectivity index (χ1v) is 17.1. The van der Waals surface area contributed by atoms with Crippen molar-refractivity contribution in [2.45, 2.75) is 76.6 Å². The fraction of sp³-hybridized carbons (Fsp3) is 0.533. The standard InChI is InChI=1S/C28H38ClNO4Si.C2HF3O2/c1-27(2,3)35(4,5)34-23-11-10-20(25(29)17-23)16-22(26(31)32)18-30-14-12-28(13-15-30)24-9-7-6-8-21(24)19-33-28;3-2(4,5)1(6)7/h6-11,17,22H,12-16,18-19H2,1-5H3,(H,31,32);(H,6,7). The second-order valence-corrected chi connectivity index (χ2v) is 17.5. The van der Waals surface area contributed by atoms with E-state index in [4.69, 9.17) is 30.7 Å². The van der Waals surface area contributed by atoms with Crippen LogP contribution in [0.25, 0.3) is 0 Å². The van der Waals surface area contributed by atoms with E-state index in [0.717, 1.165) is 37.2 Å². The molecule has 42 heavy (non-hydrogen) atoms. The van der Waals surface area contributed by atoms with Crippen LogP contribution in [0.1, 0.15) is 50.3 Å². The van der Waals surface area contributed by atoms with E-state index >= 15 is 0 Å². The van der Waals surface area contributed by atoms with E-state index in [9.17, 15) is 23.1 Å². The number of hydrogen-bond donors (Lipinski definition) is 2. The number of ether oxygens (including phenoxy) is 1. The van der Waals surface area contributed by atoms with Gasteiger partial charge in [0, 0.05) is 24.7 Å². The van der Waals surface area contributed by atoms with Crippen LogP contribution in [0.15, 0.2) is 42.5 Å². The van der Waals surface area contributed by atoms with Gasteiger partial charge in [-0.3, -0.25) is 4.79 Å². The first kappa shape index (κ1) is 33.9. The minimum Gasteiger partial charge on any atom is -0.543 e. The van der Waals surface area contributed by atoms with E-state index in [-0.39, 0.29) is 10.6 Å². The van der Waals surface area contributed by atoms with Crippen molar-refractivity contribution in [3.05, 3.63) is 64.2 Å². The van der Waals surface area contributed by atoms with E-state index in [1.165, 1.54) is 11.1 Å². The smallest absolute Gasteiger partial charge is 0.490 e. The number of fused-ring (bicyclic) bond motifs is 2. The summed E-state index contributed by atoms with van der Waals surface area (Å²) in [6.07, 6.45) is -2.91. The van der Waals surface area contributed by atoms with Crippen LogP contribution in [-0.4, -0.2) is 61.2 Å². The number of carbonyl (C=O) groups is 2. The Kier molecular flexibility index (Phi) is 10.4. The summed E-state index contributed by atoms with van der Waals surface area (Å²) in [5.74, 6) is -3.31. The molecule has 2 aliphatic rings. The second-order valence-electron chi connectivity index (χ2n) is 12.4. The molecule has 0 aromatic heterocycles. The van der Waals surface area contributed by atoms with E-state index < -0.39 is 32.4 Å². The fourth-order valence-corrected chi connectivity index (χ4v) is 6.18. The maximum Gasteiger partial charge on any atom is 0.490 e. The van der Waals surface area contributed by atoms with E-state index in [1.54, 1.807) is 0 Å². The largest absolute Gasteiger partial charge is 0.543 e. The molecule has 2 aromatic rings. The van der Waals surface area contributed by atoms with Crippen LogP contribution < -0.4 is 4.43 Å². The number of aliphatic carboxylic acids is 2. The van der Waals surface area contributed by atoms with Gasteiger partial charge in [0.1, 0.15) is 5.75 Å². The number of carboxylic acids is 2. The van der Waals surface area contributed by atoms with Crippen molar-refractivity contribution in [1.82, 2.24) is 4.90 Å². The minimum atomic E-state index is -5.08. The Hall–Kier alpha value is -2.60. The van der Waals surface area contributed by atoms with Crippen LogP contribution in [0.4, 0.5) is 13.2 Å². The van der Waals surface area contributed by atoms with E-state index in [1.807, 2.05) is 18.2 Å². The number of hydrogen-bond acceptors (Lipinski definition) is 5. The van der Waals surface area contributed by atoms with Gasteiger partial charge in [0.15, 0.2) is 0 Å². The lowest BCUT2D eigenvalue weighted by Crippen LogP contribution is -2.45. The van der Waals surface area contributed by atoms with Crippen molar-refractivity contribution in [1.29, 1.82) is 0 Å². The zero-order chi connectivity index (χ0) is 31.5. The Morgan fingerprint density at radius 2 is 1.69 bits per heavy atom. The maximum atomic E-state index is 12.2. The molecular formula is C30H39ClF3NO6Si. The molecule has 7 nitrogen and oxygen atoms in total. The molecule has 1 atom stereocenters. The summed E-state index contributed by atoms with van der Waals surface area (Å²) in [4.78, 5) is 23.3. The first-order valence-electron chi connectivity index (χ1n) is 13.8. The molecule has 2 aromatic carbocycles. The molecule has 0 radical (unpaired) electrons. The van der Waals surface area contributed by atoms with Gasteiger partial charge in [-0.2, -0.15) is 13.2 Å². The highest BCUT2D eigenvalue weighted by molar-refractivity contribution is 6.74. The van der Waals surface area contributed by atoms with Crippen LogP contribution in [0.5, 0.6) is 5.75 Å². The summed E-state index contributed by atoms with van der Waals surface area (Å²) in [6, 6.07) is 14.2. The predicted molar refractivity (Wildman–Crippen MR) is 156 cm³/mol. The molecule has 232 valence electrons. The monoisotopic (exact) mass is 629 g/mol. The highest BCUT2D eigenvalue weighted by Gasteiger charge is 2.43. The number of rotatable bonds is 7. The van der Waals surface area contributed by atoms with Gasteiger partial charge < -0.3 is 24.3 Å². The zero-order valence-corrected chi connectivity index (χ0v) is 26.3. The van der Waals surface area contributed by atoms with Crippen molar-refractivity contribution in [3.63, 3.8) is 0 Å². The average molecular weight is 630 g/mol. The van der Waals surface area contributed by atoms with Crippen molar-refractivity contribution in [2.75, 3.05) is 19.6 Å². The number of carboxylic acid groups (broad SMARTS) is 2. The van der Waals surface area contributed by atoms with Gasteiger partial charge in [0.05, 0.1) is 18.1 Å². The van der Waals surface area contributed by atoms with E-state index in [0.29, 0.717) is 24.6 Å². The minimum absolute atomic E-state index is 0.0885. The Morgan fingerprint density at radius 1 is 1.10 bits per heavy atom. The Balaban J connectivity index is 0.000000616. The van der Waals surface area contributed by atoms with Crippen LogP contribution in [0.2, 0.25) is 23.2 Å². The van der Waals surface area contributed by atoms with Crippen molar-refractivity contribution in [3.8, 4) is 5.75 Å². The van der Waals surface area contributed by atoms with Gasteiger partial charge in [-0.25, -0.2) is 4.79 Å². The molecule has 0 saturated carbocycles. The highest BCUT2D eigenvalue weighted by atomic mass is 35.5. The maximum absolute atomic E-state index is 12.2. The number of benzene rings is 2. The molecule has 1 spiro atoms. The number of piperidine rings is 1. The van der Waals surface area contributed by atoms with E-state index in [2.05, 4.69) is 63.0 Å². The van der Waals surface area contributed by atoms with Crippen LogP contribution in [0.3, 0.4) is 0 Å². The zero-order valence-electron chi connectivity index (χ0n) is 24.6. The van der Waals surface area contributed by atoms with Crippen LogP contribution >= 0.6 is 11.6 Å². The number of alkyl halides is 3. The van der Waals surface area contributed by atoms with Crippen molar-refractivity contribution in [2.24, 2.45) is 5.92 Å². The van der Waals surface area contributed by atoms with Crippen LogP contribution in [-0.2, 0) is 33.0 Å². The predicted octanol–water partition coefficient (Wildman–Crippen LogP) is 7.12. The fourth-order valence-electron chi connectivity index (χ4n) is 4.91. The lowest BCUT2D eigenvalue weighted by Gasteiger charge is -2.40. The molecule has 2 heterocycles. The lowest BCUT2D eigenvalue weighted by molar-refractivity contribution is -0.192. The van der Waals surface area contributed by atoms with Gasteiger partial charge in [0.2, 0.25) is 8.32 Å². The summed E-state index contributed by atoms with van der Waals surface area (Å²) in [6.45, 7) is 13.8. The summed E-state index contributed by atoms with van der Waals surface area (Å²) < 4.78 is 44.4. The average Bonchev–Trinajstić information content (AvgIpc) is 3.23. The number of likely N-dealkylation sites (tertiary alicyclic amines) is 1. The molecule has 0 aliphatic carbocycles. The highest BCUT2D eigenvalue weighted by Crippen LogP contribution is 2.44. The number of halogens is 4. The second kappa shape index (κ2) is 12.9. The third-order valence-corrected chi connectivity index (χ3v) is 13.1. The Labute approximate surface area is 250 Å². The van der Waals surface area contributed by atoms with Gasteiger partial charge >= 0.3 is 18.1 Å². The van der Waals surface area contributed by atoms with Crippen molar-refractivity contribution < 1.29 is 42.1 Å². The van der Waals surface area contributed by atoms with Crippen LogP contribution in [0, 0.1) is 5.92 Å². The molecule has 1 fully saturated rings. The van der Waals surface area contributed by atoms with Gasteiger partial charge in [0.25, 0.3) is 0 Å². The third kappa shape index (κ3) is 8.27. The normalized spacial score (nSPS) is 17.6. The third-order valence-electron chi connectivity index (χ3n) is 8.42. The topological polar surface area (TPSA) is 96.3 Å². The molecule has 2 aliphatic heterocycles. The molecule has 0 amide bonds.